The molecule has 0 N–H and O–H groups in total. The van der Waals surface area contributed by atoms with Crippen LogP contribution >= 0.6 is 11.5 Å². The first-order valence-corrected chi connectivity index (χ1v) is 11.4. The third-order valence-corrected chi connectivity index (χ3v) is 6.61. The quantitative estimate of drug-likeness (QED) is 0.557. The summed E-state index contributed by atoms with van der Waals surface area (Å²) in [6.07, 6.45) is 0. The van der Waals surface area contributed by atoms with E-state index in [1.54, 1.807) is 0 Å². The van der Waals surface area contributed by atoms with Crippen LogP contribution in [-0.2, 0) is 4.79 Å². The summed E-state index contributed by atoms with van der Waals surface area (Å²) in [6.45, 7) is 4.57. The Kier molecular flexibility index (Phi) is 6.73. The fraction of sp³-hybridized carbons (Fsp3) is 0.375. The molecule has 1 fully saturated rings. The Morgan fingerprint density at radius 1 is 1.16 bits per heavy atom. The number of nitrogens with zero attached hydrogens (tertiary/aromatic N) is 4. The number of rotatable bonds is 7. The summed E-state index contributed by atoms with van der Waals surface area (Å²) in [7, 11) is 1.99. The second-order valence-electron chi connectivity index (χ2n) is 8.40. The molecule has 31 heavy (non-hydrogen) atoms. The minimum Gasteiger partial charge on any atom is -0.340 e. The Labute approximate surface area is 186 Å². The zero-order valence-corrected chi connectivity index (χ0v) is 18.6. The zero-order chi connectivity index (χ0) is 21.8. The highest BCUT2D eigenvalue weighted by atomic mass is 32.1. The third kappa shape index (κ3) is 5.17. The minimum atomic E-state index is -0.254. The van der Waals surface area contributed by atoms with E-state index in [9.17, 15) is 9.18 Å². The van der Waals surface area contributed by atoms with E-state index in [0.717, 1.165) is 17.8 Å². The lowest BCUT2D eigenvalue weighted by molar-refractivity contribution is -0.131. The maximum Gasteiger partial charge on any atom is 0.236 e. The largest absolute Gasteiger partial charge is 0.340 e. The molecule has 0 aliphatic carbocycles. The first kappa shape index (κ1) is 21.6. The van der Waals surface area contributed by atoms with Crippen LogP contribution in [0.5, 0.6) is 0 Å². The summed E-state index contributed by atoms with van der Waals surface area (Å²) in [5.74, 6) is 0.360. The second kappa shape index (κ2) is 9.66. The van der Waals surface area contributed by atoms with Gasteiger partial charge < -0.3 is 4.90 Å². The summed E-state index contributed by atoms with van der Waals surface area (Å²) >= 11 is 1.32. The summed E-state index contributed by atoms with van der Waals surface area (Å²) in [4.78, 5) is 17.1. The molecule has 0 radical (unpaired) electrons. The van der Waals surface area contributed by atoms with Crippen LogP contribution < -0.4 is 0 Å². The number of likely N-dealkylation sites (tertiary alicyclic amines) is 1. The minimum absolute atomic E-state index is 0.0710. The number of carbonyl (C=O) groups is 1. The van der Waals surface area contributed by atoms with Gasteiger partial charge in [-0.1, -0.05) is 53.9 Å². The van der Waals surface area contributed by atoms with Crippen LogP contribution in [0.15, 0.2) is 60.0 Å². The van der Waals surface area contributed by atoms with Crippen LogP contribution in [0, 0.1) is 5.82 Å². The molecule has 1 aliphatic heterocycles. The van der Waals surface area contributed by atoms with Crippen LogP contribution in [0.4, 0.5) is 4.39 Å². The van der Waals surface area contributed by atoms with E-state index in [0.29, 0.717) is 25.6 Å². The predicted molar refractivity (Wildman–Crippen MR) is 121 cm³/mol. The highest BCUT2D eigenvalue weighted by Gasteiger charge is 2.38. The molecule has 1 amide bonds. The summed E-state index contributed by atoms with van der Waals surface area (Å²) in [5, 5.41) is 6.21. The van der Waals surface area contributed by atoms with Gasteiger partial charge in [0.05, 0.1) is 12.2 Å². The van der Waals surface area contributed by atoms with Gasteiger partial charge in [0.15, 0.2) is 0 Å². The number of halogens is 1. The fourth-order valence-corrected chi connectivity index (χ4v) is 4.96. The van der Waals surface area contributed by atoms with E-state index in [4.69, 9.17) is 0 Å². The number of hydrogen-bond donors (Lipinski definition) is 0. The fourth-order valence-electron chi connectivity index (χ4n) is 4.44. The van der Waals surface area contributed by atoms with Crippen molar-refractivity contribution in [2.45, 2.75) is 24.7 Å². The lowest BCUT2D eigenvalue weighted by Crippen LogP contribution is -2.39. The van der Waals surface area contributed by atoms with Crippen LogP contribution in [0.3, 0.4) is 0 Å². The highest BCUT2D eigenvalue weighted by molar-refractivity contribution is 7.03. The van der Waals surface area contributed by atoms with Gasteiger partial charge in [0.25, 0.3) is 0 Å². The maximum atomic E-state index is 13.4. The molecule has 1 aliphatic rings. The smallest absolute Gasteiger partial charge is 0.236 e. The van der Waals surface area contributed by atoms with Crippen molar-refractivity contribution in [3.8, 4) is 0 Å². The lowest BCUT2D eigenvalue weighted by atomic mass is 9.87. The second-order valence-corrected chi connectivity index (χ2v) is 9.01. The first-order chi connectivity index (χ1) is 15.0. The van der Waals surface area contributed by atoms with Crippen molar-refractivity contribution in [1.82, 2.24) is 19.4 Å². The summed E-state index contributed by atoms with van der Waals surface area (Å²) in [6, 6.07) is 16.9. The highest BCUT2D eigenvalue weighted by Crippen LogP contribution is 2.39. The molecule has 4 rings (SSSR count). The topological polar surface area (TPSA) is 49.3 Å². The van der Waals surface area contributed by atoms with E-state index in [1.807, 2.05) is 47.7 Å². The molecule has 1 saturated heterocycles. The van der Waals surface area contributed by atoms with Crippen molar-refractivity contribution in [2.75, 3.05) is 33.2 Å². The number of hydrogen-bond acceptors (Lipinski definition) is 5. The SMILES string of the molecule is C[C@@H](CN(C)CC(=O)N1C[C@@H](c2ccc(F)cc2)[C@H](c2csnn2)C1)c1ccccc1. The predicted octanol–water partition coefficient (Wildman–Crippen LogP) is 4.12. The van der Waals surface area contributed by atoms with Gasteiger partial charge in [-0.15, -0.1) is 5.10 Å². The van der Waals surface area contributed by atoms with Crippen LogP contribution in [-0.4, -0.2) is 58.5 Å². The van der Waals surface area contributed by atoms with Gasteiger partial charge >= 0.3 is 0 Å². The number of likely N-dealkylation sites (N-methyl/N-ethyl adjacent to an activating group) is 1. The van der Waals surface area contributed by atoms with Crippen molar-refractivity contribution < 1.29 is 9.18 Å². The molecule has 0 spiro atoms. The molecule has 2 aromatic carbocycles. The Bertz CT molecular complexity index is 981. The Morgan fingerprint density at radius 2 is 1.87 bits per heavy atom. The van der Waals surface area contributed by atoms with Crippen LogP contribution in [0.25, 0.3) is 0 Å². The van der Waals surface area contributed by atoms with Crippen molar-refractivity contribution in [1.29, 1.82) is 0 Å². The Balaban J connectivity index is 1.42. The molecule has 3 aromatic rings. The van der Waals surface area contributed by atoms with Crippen molar-refractivity contribution in [3.63, 3.8) is 0 Å². The van der Waals surface area contributed by atoms with Gasteiger partial charge in [-0.3, -0.25) is 9.69 Å². The lowest BCUT2D eigenvalue weighted by Gasteiger charge is -2.24. The number of benzene rings is 2. The molecule has 0 bridgehead atoms. The molecule has 0 unspecified atom stereocenters. The molecule has 7 heteroatoms. The Hall–Kier alpha value is -2.64. The van der Waals surface area contributed by atoms with E-state index < -0.39 is 0 Å². The molecule has 5 nitrogen and oxygen atoms in total. The molecular formula is C24H27FN4OS. The first-order valence-electron chi connectivity index (χ1n) is 10.5. The molecule has 0 saturated carbocycles. The van der Waals surface area contributed by atoms with Gasteiger partial charge in [0.1, 0.15) is 5.82 Å². The normalized spacial score (nSPS) is 19.7. The zero-order valence-electron chi connectivity index (χ0n) is 17.8. The van der Waals surface area contributed by atoms with Crippen molar-refractivity contribution in [3.05, 3.63) is 82.6 Å². The van der Waals surface area contributed by atoms with E-state index in [1.165, 1.54) is 29.2 Å². The Morgan fingerprint density at radius 3 is 2.55 bits per heavy atom. The van der Waals surface area contributed by atoms with Gasteiger partial charge in [0.2, 0.25) is 5.91 Å². The molecule has 162 valence electrons. The number of carbonyl (C=O) groups excluding carboxylic acids is 1. The van der Waals surface area contributed by atoms with E-state index in [2.05, 4.69) is 33.5 Å². The van der Waals surface area contributed by atoms with Gasteiger partial charge in [0, 0.05) is 36.9 Å². The summed E-state index contributed by atoms with van der Waals surface area (Å²) in [5.41, 5.74) is 3.21. The van der Waals surface area contributed by atoms with Gasteiger partial charge in [-0.25, -0.2) is 4.39 Å². The average Bonchev–Trinajstić information content (AvgIpc) is 3.45. The third-order valence-electron chi connectivity index (χ3n) is 6.09. The van der Waals surface area contributed by atoms with Crippen LogP contribution in [0.1, 0.15) is 41.5 Å². The average molecular weight is 439 g/mol. The van der Waals surface area contributed by atoms with Crippen LogP contribution in [0.2, 0.25) is 0 Å². The number of aromatic nitrogens is 2. The molecule has 3 atom stereocenters. The van der Waals surface area contributed by atoms with E-state index in [-0.39, 0.29) is 23.6 Å². The maximum absolute atomic E-state index is 13.4. The van der Waals surface area contributed by atoms with Gasteiger partial charge in [-0.05, 0) is 47.8 Å². The summed E-state index contributed by atoms with van der Waals surface area (Å²) < 4.78 is 17.4. The van der Waals surface area contributed by atoms with E-state index >= 15 is 0 Å². The number of amides is 1. The van der Waals surface area contributed by atoms with Gasteiger partial charge in [-0.2, -0.15) is 0 Å². The molecule has 2 heterocycles. The molecule has 1 aromatic heterocycles. The molecular weight excluding hydrogens is 411 g/mol. The standard InChI is InChI=1S/C24H27FN4OS/c1-17(18-6-4-3-5-7-18)12-28(2)15-24(30)29-13-21(19-8-10-20(25)11-9-19)22(14-29)23-16-31-27-26-23/h3-11,16-17,21-22H,12-15H2,1-2H3/t17-,21-,22+/m0/s1. The van der Waals surface area contributed by atoms with Crippen molar-refractivity contribution in [2.24, 2.45) is 0 Å². The monoisotopic (exact) mass is 438 g/mol. The van der Waals surface area contributed by atoms with Crippen molar-refractivity contribution >= 4 is 17.4 Å².